The molecular formula is C48H74O20. The zero-order valence-electron chi connectivity index (χ0n) is 39.9. The topological polar surface area (TPSA) is 329 Å². The first-order chi connectivity index (χ1) is 31.6. The number of aliphatic carboxylic acids is 3. The molecule has 0 bridgehead atoms. The van der Waals surface area contributed by atoms with E-state index in [9.17, 15) is 70.6 Å². The Bertz CT molecular complexity index is 1970. The molecule has 0 radical (unpaired) electrons. The Hall–Kier alpha value is -2.41. The largest absolute Gasteiger partial charge is 0.481 e. The van der Waals surface area contributed by atoms with Crippen LogP contribution in [0.3, 0.4) is 0 Å². The minimum absolute atomic E-state index is 0.0105. The van der Waals surface area contributed by atoms with Gasteiger partial charge in [-0.1, -0.05) is 46.3 Å². The van der Waals surface area contributed by atoms with Crippen molar-refractivity contribution in [2.75, 3.05) is 6.61 Å². The molecule has 4 saturated carbocycles. The molecule has 11 N–H and O–H groups in total. The molecule has 5 aliphatic carbocycles. The number of aliphatic hydroxyl groups is 8. The van der Waals surface area contributed by atoms with E-state index in [-0.39, 0.29) is 46.0 Å². The summed E-state index contributed by atoms with van der Waals surface area (Å²) in [7, 11) is 0. The number of hydrogen-bond acceptors (Lipinski definition) is 17. The zero-order chi connectivity index (χ0) is 50.0. The van der Waals surface area contributed by atoms with E-state index in [0.29, 0.717) is 32.1 Å². The number of allylic oxidation sites excluding steroid dienone is 2. The molecular weight excluding hydrogens is 897 g/mol. The molecule has 0 amide bonds. The molecule has 0 aromatic rings. The molecule has 3 heterocycles. The molecule has 386 valence electrons. The highest BCUT2D eigenvalue weighted by molar-refractivity contribution is 5.75. The van der Waals surface area contributed by atoms with Gasteiger partial charge in [-0.05, 0) is 117 Å². The van der Waals surface area contributed by atoms with Gasteiger partial charge >= 0.3 is 17.9 Å². The minimum Gasteiger partial charge on any atom is -0.481 e. The summed E-state index contributed by atoms with van der Waals surface area (Å²) >= 11 is 0. The predicted molar refractivity (Wildman–Crippen MR) is 232 cm³/mol. The van der Waals surface area contributed by atoms with Gasteiger partial charge in [0, 0.05) is 5.41 Å². The Kier molecular flexibility index (Phi) is 13.7. The number of rotatable bonds is 10. The van der Waals surface area contributed by atoms with Crippen LogP contribution in [0.5, 0.6) is 0 Å². The molecule has 8 rings (SSSR count). The summed E-state index contributed by atoms with van der Waals surface area (Å²) in [6.07, 6.45) is -20.1. The Morgan fingerprint density at radius 1 is 0.632 bits per heavy atom. The Morgan fingerprint density at radius 2 is 1.19 bits per heavy atom. The van der Waals surface area contributed by atoms with Crippen molar-refractivity contribution in [3.05, 3.63) is 11.6 Å². The lowest BCUT2D eigenvalue weighted by atomic mass is 9.33. The van der Waals surface area contributed by atoms with E-state index in [4.69, 9.17) is 28.4 Å². The first-order valence-electron chi connectivity index (χ1n) is 24.3. The van der Waals surface area contributed by atoms with Crippen LogP contribution in [0.1, 0.15) is 113 Å². The summed E-state index contributed by atoms with van der Waals surface area (Å²) in [6.45, 7) is 14.2. The van der Waals surface area contributed by atoms with Crippen LogP contribution in [-0.2, 0) is 42.8 Å². The minimum atomic E-state index is -2.17. The molecule has 0 aromatic carbocycles. The SMILES string of the molecule is C[C@@H]1O[C@@H](O[C@H]2[C@H](O[C@H]3[C@H](O[C@H]4CC[C@@]5(C)C(CC[C@]6(C)[C@@H]5CC=C5[C@@H]7C[C@@](C)(C(=O)O)CC[C@]7(C)CC[C@]56C)[C@@]4(C)CO)O[C@H](C(=O)O)[C@@H](O)[C@@H]3O)O[C@H](C(=O)O)[C@@H](O)[C@@H]2O)[C@H](O)[C@H](O)[C@H]1O. The van der Waals surface area contributed by atoms with Crippen LogP contribution in [0, 0.1) is 50.2 Å². The lowest BCUT2D eigenvalue weighted by molar-refractivity contribution is -0.393. The van der Waals surface area contributed by atoms with Gasteiger partial charge in [-0.15, -0.1) is 0 Å². The number of ether oxygens (including phenoxy) is 6. The maximum atomic E-state index is 12.6. The molecule has 20 nitrogen and oxygen atoms in total. The fourth-order valence-electron chi connectivity index (χ4n) is 15.0. The van der Waals surface area contributed by atoms with Crippen LogP contribution in [0.25, 0.3) is 0 Å². The van der Waals surface area contributed by atoms with Gasteiger partial charge in [0.1, 0.15) is 54.9 Å². The van der Waals surface area contributed by atoms with Crippen molar-refractivity contribution >= 4 is 17.9 Å². The standard InChI is InChI=1S/C48H74O20/c1-20-26(50)27(51)32(56)39(63-20)67-36-31(55)29(53)34(38(59)60)66-41(36)68-35-30(54)28(52)33(37(57)58)65-40(35)64-25-11-12-45(4)23(46(25,5)19-49)10-13-48(7)24(45)9-8-21-22-18-44(3,42(61)62)15-14-43(22,2)16-17-47(21,48)6/h8,20,22-36,39-41,49-56H,9-19H2,1-7H3,(H,57,58)(H,59,60)(H,61,62)/t20-,22-,23?,24+,25-,26-,27+,28-,29-,30-,31-,32+,33-,34-,35+,36+,39-,40+,41-,43+,44-,45-,46+,47+,48+/m0/s1. The second-order valence-electron chi connectivity index (χ2n) is 23.3. The summed E-state index contributed by atoms with van der Waals surface area (Å²) in [5.74, 6) is -4.01. The number of fused-ring (bicyclic) bond motifs is 7. The fraction of sp³-hybridized carbons (Fsp3) is 0.896. The quantitative estimate of drug-likeness (QED) is 0.107. The number of aliphatic hydroxyl groups excluding tert-OH is 8. The van der Waals surface area contributed by atoms with Crippen molar-refractivity contribution < 1.29 is 99.0 Å². The third-order valence-corrected chi connectivity index (χ3v) is 19.7. The first-order valence-corrected chi connectivity index (χ1v) is 24.3. The maximum Gasteiger partial charge on any atom is 0.335 e. The van der Waals surface area contributed by atoms with Gasteiger partial charge in [0.25, 0.3) is 0 Å². The van der Waals surface area contributed by atoms with Crippen LogP contribution in [0.15, 0.2) is 11.6 Å². The molecule has 0 aromatic heterocycles. The number of carbonyl (C=O) groups is 3. The van der Waals surface area contributed by atoms with E-state index < -0.39 is 127 Å². The number of hydrogen-bond donors (Lipinski definition) is 11. The fourth-order valence-corrected chi connectivity index (χ4v) is 15.0. The van der Waals surface area contributed by atoms with Crippen LogP contribution >= 0.6 is 0 Å². The summed E-state index contributed by atoms with van der Waals surface area (Å²) < 4.78 is 35.6. The van der Waals surface area contributed by atoms with Crippen molar-refractivity contribution in [1.29, 1.82) is 0 Å². The van der Waals surface area contributed by atoms with Gasteiger partial charge in [0.05, 0.1) is 24.2 Å². The van der Waals surface area contributed by atoms with E-state index >= 15 is 0 Å². The molecule has 3 aliphatic heterocycles. The molecule has 8 aliphatic rings. The summed E-state index contributed by atoms with van der Waals surface area (Å²) in [6, 6.07) is 0. The summed E-state index contributed by atoms with van der Waals surface area (Å²) in [4.78, 5) is 37.3. The molecule has 0 spiro atoms. The highest BCUT2D eigenvalue weighted by Gasteiger charge is 2.69. The van der Waals surface area contributed by atoms with Crippen molar-refractivity contribution in [2.24, 2.45) is 50.2 Å². The molecule has 1 unspecified atom stereocenters. The second-order valence-corrected chi connectivity index (χ2v) is 23.3. The Morgan fingerprint density at radius 3 is 1.75 bits per heavy atom. The van der Waals surface area contributed by atoms with Gasteiger partial charge in [0.15, 0.2) is 31.1 Å². The van der Waals surface area contributed by atoms with Crippen LogP contribution in [-0.4, -0.2) is 179 Å². The molecule has 25 atom stereocenters. The van der Waals surface area contributed by atoms with Gasteiger partial charge < -0.3 is 84.6 Å². The van der Waals surface area contributed by atoms with Gasteiger partial charge in [0.2, 0.25) is 0 Å². The highest BCUT2D eigenvalue weighted by atomic mass is 16.8. The van der Waals surface area contributed by atoms with Crippen LogP contribution < -0.4 is 0 Å². The Labute approximate surface area is 395 Å². The lowest BCUT2D eigenvalue weighted by Crippen LogP contribution is -2.68. The number of carboxylic acids is 3. The molecule has 68 heavy (non-hydrogen) atoms. The van der Waals surface area contributed by atoms with E-state index in [2.05, 4.69) is 33.8 Å². The average Bonchev–Trinajstić information content (AvgIpc) is 3.27. The van der Waals surface area contributed by atoms with E-state index in [1.807, 2.05) is 13.8 Å². The first kappa shape index (κ1) is 51.9. The predicted octanol–water partition coefficient (Wildman–Crippen LogP) is 0.891. The van der Waals surface area contributed by atoms with Gasteiger partial charge in [-0.3, -0.25) is 4.79 Å². The van der Waals surface area contributed by atoms with Crippen molar-refractivity contribution in [1.82, 2.24) is 0 Å². The lowest BCUT2D eigenvalue weighted by Gasteiger charge is -2.71. The van der Waals surface area contributed by atoms with E-state index in [1.54, 1.807) is 0 Å². The number of carboxylic acid groups (broad SMARTS) is 3. The van der Waals surface area contributed by atoms with Crippen molar-refractivity contribution in [2.45, 2.75) is 211 Å². The van der Waals surface area contributed by atoms with Gasteiger partial charge in [-0.25, -0.2) is 9.59 Å². The van der Waals surface area contributed by atoms with Gasteiger partial charge in [-0.2, -0.15) is 0 Å². The molecule has 3 saturated heterocycles. The summed E-state index contributed by atoms with van der Waals surface area (Å²) in [5.41, 5.74) is -1.15. The van der Waals surface area contributed by atoms with Crippen LogP contribution in [0.4, 0.5) is 0 Å². The molecule has 20 heteroatoms. The van der Waals surface area contributed by atoms with E-state index in [1.165, 1.54) is 12.5 Å². The zero-order valence-corrected chi connectivity index (χ0v) is 39.9. The highest BCUT2D eigenvalue weighted by Crippen LogP contribution is 2.76. The smallest absolute Gasteiger partial charge is 0.335 e. The normalized spacial score (nSPS) is 54.8. The third-order valence-electron chi connectivity index (χ3n) is 19.7. The summed E-state index contributed by atoms with van der Waals surface area (Å²) in [5, 5.41) is 118. The Balaban J connectivity index is 1.08. The van der Waals surface area contributed by atoms with Crippen molar-refractivity contribution in [3.63, 3.8) is 0 Å². The monoisotopic (exact) mass is 970 g/mol. The van der Waals surface area contributed by atoms with E-state index in [0.717, 1.165) is 32.1 Å². The molecule has 7 fully saturated rings. The maximum absolute atomic E-state index is 12.6. The third kappa shape index (κ3) is 7.90. The van der Waals surface area contributed by atoms with Crippen LogP contribution in [0.2, 0.25) is 0 Å². The second kappa shape index (κ2) is 18.0. The van der Waals surface area contributed by atoms with Crippen molar-refractivity contribution in [3.8, 4) is 0 Å². The average molecular weight is 971 g/mol.